The molecule has 0 saturated heterocycles. The molecule has 0 aromatic heterocycles. The first-order valence-corrected chi connectivity index (χ1v) is 5.77. The summed E-state index contributed by atoms with van der Waals surface area (Å²) in [6, 6.07) is 6.86. The van der Waals surface area contributed by atoms with Crippen LogP contribution in [-0.4, -0.2) is 36.3 Å². The van der Waals surface area contributed by atoms with Crippen LogP contribution in [0.1, 0.15) is 12.5 Å². The van der Waals surface area contributed by atoms with E-state index in [1.807, 2.05) is 31.2 Å². The Morgan fingerprint density at radius 2 is 1.84 bits per heavy atom. The molecule has 3 N–H and O–H groups in total. The van der Waals surface area contributed by atoms with Gasteiger partial charge in [-0.25, -0.2) is 0 Å². The van der Waals surface area contributed by atoms with Crippen molar-refractivity contribution in [1.29, 1.82) is 0 Å². The Labute approximate surface area is 119 Å². The minimum absolute atomic E-state index is 0. The number of nitrogens with two attached hydrogens (primary N) is 1. The fraction of sp³-hybridized carbons (Fsp3) is 0.385. The van der Waals surface area contributed by atoms with Crippen LogP contribution in [0.15, 0.2) is 24.3 Å². The summed E-state index contributed by atoms with van der Waals surface area (Å²) in [5, 5.41) is 2.72. The van der Waals surface area contributed by atoms with Crippen molar-refractivity contribution in [2.75, 3.05) is 18.9 Å². The highest BCUT2D eigenvalue weighted by Gasteiger charge is 2.16. The van der Waals surface area contributed by atoms with Crippen LogP contribution in [0, 0.1) is 6.92 Å². The number of halogens is 1. The van der Waals surface area contributed by atoms with E-state index in [0.717, 1.165) is 5.56 Å². The molecule has 0 aliphatic heterocycles. The summed E-state index contributed by atoms with van der Waals surface area (Å²) in [6.07, 6.45) is 0. The SMILES string of the molecule is Cc1ccc(NC(=O)CN(C)C(=O)C(C)N)cc1.Cl. The summed E-state index contributed by atoms with van der Waals surface area (Å²) < 4.78 is 0. The molecule has 0 heterocycles. The zero-order valence-corrected chi connectivity index (χ0v) is 12.2. The van der Waals surface area contributed by atoms with Crippen LogP contribution < -0.4 is 11.1 Å². The van der Waals surface area contributed by atoms with Gasteiger partial charge in [0.1, 0.15) is 0 Å². The van der Waals surface area contributed by atoms with Crippen molar-refractivity contribution >= 4 is 29.9 Å². The number of nitrogens with zero attached hydrogens (tertiary/aromatic N) is 1. The van der Waals surface area contributed by atoms with Crippen LogP contribution >= 0.6 is 12.4 Å². The molecule has 5 nitrogen and oxygen atoms in total. The lowest BCUT2D eigenvalue weighted by molar-refractivity contribution is -0.134. The van der Waals surface area contributed by atoms with Crippen molar-refractivity contribution < 1.29 is 9.59 Å². The van der Waals surface area contributed by atoms with E-state index in [-0.39, 0.29) is 30.8 Å². The average molecular weight is 286 g/mol. The summed E-state index contributed by atoms with van der Waals surface area (Å²) in [5.41, 5.74) is 7.30. The van der Waals surface area contributed by atoms with Crippen molar-refractivity contribution in [2.45, 2.75) is 19.9 Å². The number of aryl methyl sites for hydroxylation is 1. The molecule has 0 aliphatic rings. The molecule has 0 spiro atoms. The maximum absolute atomic E-state index is 11.7. The number of anilines is 1. The number of hydrogen-bond donors (Lipinski definition) is 2. The van der Waals surface area contributed by atoms with Crippen molar-refractivity contribution in [3.8, 4) is 0 Å². The van der Waals surface area contributed by atoms with Crippen molar-refractivity contribution in [3.05, 3.63) is 29.8 Å². The van der Waals surface area contributed by atoms with E-state index in [0.29, 0.717) is 5.69 Å². The molecule has 1 rings (SSSR count). The van der Waals surface area contributed by atoms with Gasteiger partial charge in [0.05, 0.1) is 12.6 Å². The lowest BCUT2D eigenvalue weighted by Crippen LogP contribution is -2.43. The number of benzene rings is 1. The summed E-state index contributed by atoms with van der Waals surface area (Å²) >= 11 is 0. The minimum atomic E-state index is -0.595. The Hall–Kier alpha value is -1.59. The predicted octanol–water partition coefficient (Wildman–Crippen LogP) is 1.16. The minimum Gasteiger partial charge on any atom is -0.335 e. The third-order valence-electron chi connectivity index (χ3n) is 2.48. The van der Waals surface area contributed by atoms with Gasteiger partial charge in [0, 0.05) is 12.7 Å². The molecule has 19 heavy (non-hydrogen) atoms. The van der Waals surface area contributed by atoms with Gasteiger partial charge >= 0.3 is 0 Å². The highest BCUT2D eigenvalue weighted by molar-refractivity contribution is 5.95. The molecule has 1 aromatic rings. The highest BCUT2D eigenvalue weighted by Crippen LogP contribution is 2.08. The zero-order valence-electron chi connectivity index (χ0n) is 11.3. The van der Waals surface area contributed by atoms with E-state index in [1.54, 1.807) is 14.0 Å². The van der Waals surface area contributed by atoms with Gasteiger partial charge in [0.25, 0.3) is 0 Å². The number of carbonyl (C=O) groups is 2. The molecule has 1 aromatic carbocycles. The molecule has 6 heteroatoms. The van der Waals surface area contributed by atoms with Gasteiger partial charge in [0.2, 0.25) is 11.8 Å². The van der Waals surface area contributed by atoms with Gasteiger partial charge in [-0.1, -0.05) is 17.7 Å². The van der Waals surface area contributed by atoms with Gasteiger partial charge in [-0.3, -0.25) is 9.59 Å². The molecule has 0 fully saturated rings. The Morgan fingerprint density at radius 1 is 1.32 bits per heavy atom. The van der Waals surface area contributed by atoms with Crippen LogP contribution in [0.5, 0.6) is 0 Å². The Morgan fingerprint density at radius 3 is 2.32 bits per heavy atom. The van der Waals surface area contributed by atoms with E-state index >= 15 is 0 Å². The monoisotopic (exact) mass is 285 g/mol. The molecule has 2 amide bonds. The fourth-order valence-corrected chi connectivity index (χ4v) is 1.48. The smallest absolute Gasteiger partial charge is 0.243 e. The molecule has 1 unspecified atom stereocenters. The lowest BCUT2D eigenvalue weighted by atomic mass is 10.2. The maximum atomic E-state index is 11.7. The third kappa shape index (κ3) is 5.72. The Balaban J connectivity index is 0.00000324. The molecule has 0 saturated carbocycles. The van der Waals surface area contributed by atoms with Crippen molar-refractivity contribution in [1.82, 2.24) is 4.90 Å². The summed E-state index contributed by atoms with van der Waals surface area (Å²) in [6.45, 7) is 3.56. The Bertz CT molecular complexity index is 432. The van der Waals surface area contributed by atoms with Gasteiger partial charge in [-0.15, -0.1) is 12.4 Å². The van der Waals surface area contributed by atoms with Gasteiger partial charge in [-0.05, 0) is 26.0 Å². The zero-order chi connectivity index (χ0) is 13.7. The van der Waals surface area contributed by atoms with Crippen molar-refractivity contribution in [3.63, 3.8) is 0 Å². The number of hydrogen-bond acceptors (Lipinski definition) is 3. The largest absolute Gasteiger partial charge is 0.335 e. The number of likely N-dealkylation sites (N-methyl/N-ethyl adjacent to an activating group) is 1. The molecular weight excluding hydrogens is 266 g/mol. The molecule has 0 aliphatic carbocycles. The summed E-state index contributed by atoms with van der Waals surface area (Å²) in [4.78, 5) is 24.5. The Kier molecular flexibility index (Phi) is 7.11. The van der Waals surface area contributed by atoms with Crippen LogP contribution in [0.25, 0.3) is 0 Å². The number of amides is 2. The standard InChI is InChI=1S/C13H19N3O2.ClH/c1-9-4-6-11(7-5-9)15-12(17)8-16(3)13(18)10(2)14;/h4-7,10H,8,14H2,1-3H3,(H,15,17);1H. The maximum Gasteiger partial charge on any atom is 0.243 e. The first-order chi connectivity index (χ1) is 8.40. The normalized spacial score (nSPS) is 11.2. The molecule has 0 radical (unpaired) electrons. The fourth-order valence-electron chi connectivity index (χ4n) is 1.48. The third-order valence-corrected chi connectivity index (χ3v) is 2.48. The van der Waals surface area contributed by atoms with E-state index in [9.17, 15) is 9.59 Å². The molecule has 1 atom stereocenters. The number of carbonyl (C=O) groups excluding carboxylic acids is 2. The first-order valence-electron chi connectivity index (χ1n) is 5.77. The van der Waals surface area contributed by atoms with Gasteiger partial charge in [0.15, 0.2) is 0 Å². The van der Waals surface area contributed by atoms with Gasteiger partial charge in [-0.2, -0.15) is 0 Å². The van der Waals surface area contributed by atoms with E-state index in [1.165, 1.54) is 4.90 Å². The second-order valence-electron chi connectivity index (χ2n) is 4.40. The van der Waals surface area contributed by atoms with E-state index in [2.05, 4.69) is 5.32 Å². The number of rotatable bonds is 4. The van der Waals surface area contributed by atoms with E-state index in [4.69, 9.17) is 5.73 Å². The highest BCUT2D eigenvalue weighted by atomic mass is 35.5. The molecule has 106 valence electrons. The summed E-state index contributed by atoms with van der Waals surface area (Å²) in [5.74, 6) is -0.496. The van der Waals surface area contributed by atoms with Gasteiger partial charge < -0.3 is 16.0 Å². The lowest BCUT2D eigenvalue weighted by Gasteiger charge is -2.18. The number of nitrogens with one attached hydrogen (secondary N) is 1. The second-order valence-corrected chi connectivity index (χ2v) is 4.40. The molecular formula is C13H20ClN3O2. The average Bonchev–Trinajstić information content (AvgIpc) is 2.30. The second kappa shape index (κ2) is 7.76. The van der Waals surface area contributed by atoms with Crippen LogP contribution in [-0.2, 0) is 9.59 Å². The van der Waals surface area contributed by atoms with E-state index < -0.39 is 6.04 Å². The van der Waals surface area contributed by atoms with Crippen LogP contribution in [0.2, 0.25) is 0 Å². The predicted molar refractivity (Wildman–Crippen MR) is 78.3 cm³/mol. The quantitative estimate of drug-likeness (QED) is 0.872. The van der Waals surface area contributed by atoms with Crippen LogP contribution in [0.3, 0.4) is 0 Å². The first kappa shape index (κ1) is 17.4. The van der Waals surface area contributed by atoms with Crippen molar-refractivity contribution in [2.24, 2.45) is 5.73 Å². The topological polar surface area (TPSA) is 75.4 Å². The summed E-state index contributed by atoms with van der Waals surface area (Å²) in [7, 11) is 1.56. The van der Waals surface area contributed by atoms with Crippen LogP contribution in [0.4, 0.5) is 5.69 Å². The molecule has 0 bridgehead atoms.